The van der Waals surface area contributed by atoms with Crippen molar-refractivity contribution in [1.82, 2.24) is 9.47 Å². The lowest BCUT2D eigenvalue weighted by Crippen LogP contribution is -2.47. The van der Waals surface area contributed by atoms with Gasteiger partial charge in [0, 0.05) is 44.4 Å². The molecule has 1 spiro atoms. The number of likely N-dealkylation sites (tertiary alicyclic amines) is 1. The number of ether oxygens (including phenoxy) is 2. The average molecular weight is 346 g/mol. The molecule has 0 aliphatic carbocycles. The van der Waals surface area contributed by atoms with Gasteiger partial charge in [0.15, 0.2) is 5.79 Å². The molecule has 2 aromatic rings. The molecule has 3 heterocycles. The van der Waals surface area contributed by atoms with Gasteiger partial charge >= 0.3 is 0 Å². The van der Waals surface area contributed by atoms with Gasteiger partial charge in [-0.2, -0.15) is 0 Å². The number of nitrogens with zero attached hydrogens (tertiary/aromatic N) is 2. The van der Waals surface area contributed by atoms with Gasteiger partial charge in [-0.3, -0.25) is 14.2 Å². The topological polar surface area (TPSA) is 60.8 Å². The first-order valence-electron chi connectivity index (χ1n) is 8.38. The van der Waals surface area contributed by atoms with Crippen molar-refractivity contribution in [1.29, 1.82) is 0 Å². The summed E-state index contributed by atoms with van der Waals surface area (Å²) in [6, 6.07) is 4.11. The molecule has 0 radical (unpaired) electrons. The lowest BCUT2D eigenvalue weighted by atomic mass is 10.0. The number of carbonyl (C=O) groups excluding carboxylic acids is 2. The molecule has 2 saturated heterocycles. The Hall–Kier alpha value is -2.25. The van der Waals surface area contributed by atoms with E-state index >= 15 is 0 Å². The molecular formula is C18H19FN2O4. The highest BCUT2D eigenvalue weighted by molar-refractivity contribution is 6.09. The van der Waals surface area contributed by atoms with Gasteiger partial charge in [-0.1, -0.05) is 0 Å². The smallest absolute Gasteiger partial charge is 0.256 e. The lowest BCUT2D eigenvalue weighted by Gasteiger charge is -2.37. The lowest BCUT2D eigenvalue weighted by molar-refractivity contribution is -0.181. The van der Waals surface area contributed by atoms with Gasteiger partial charge < -0.3 is 14.4 Å². The van der Waals surface area contributed by atoms with Crippen molar-refractivity contribution >= 4 is 22.7 Å². The van der Waals surface area contributed by atoms with Crippen molar-refractivity contribution < 1.29 is 23.5 Å². The fourth-order valence-corrected chi connectivity index (χ4v) is 3.64. The van der Waals surface area contributed by atoms with E-state index < -0.39 is 11.6 Å². The van der Waals surface area contributed by atoms with Gasteiger partial charge in [-0.15, -0.1) is 0 Å². The number of piperidine rings is 1. The molecule has 2 aliphatic heterocycles. The minimum atomic E-state index is -0.559. The predicted molar refractivity (Wildman–Crippen MR) is 88.0 cm³/mol. The standard InChI is InChI=1S/C18H19FN2O4/c1-12(22)21-11-15(14-10-13(19)2-3-16(14)21)17(23)20-6-4-18(5-7-20)24-8-9-25-18/h2-3,10-11H,4-9H2,1H3. The van der Waals surface area contributed by atoms with E-state index in [1.54, 1.807) is 4.90 Å². The van der Waals surface area contributed by atoms with Crippen LogP contribution in [0.4, 0.5) is 4.39 Å². The van der Waals surface area contributed by atoms with Crippen LogP contribution >= 0.6 is 0 Å². The summed E-state index contributed by atoms with van der Waals surface area (Å²) in [6.07, 6.45) is 2.72. The van der Waals surface area contributed by atoms with Gasteiger partial charge in [0.25, 0.3) is 5.91 Å². The third-order valence-corrected chi connectivity index (χ3v) is 4.96. The summed E-state index contributed by atoms with van der Waals surface area (Å²) in [5.41, 5.74) is 0.877. The van der Waals surface area contributed by atoms with Crippen molar-refractivity contribution in [2.75, 3.05) is 26.3 Å². The summed E-state index contributed by atoms with van der Waals surface area (Å²) in [7, 11) is 0. The Morgan fingerprint density at radius 2 is 1.84 bits per heavy atom. The third-order valence-electron chi connectivity index (χ3n) is 4.96. The van der Waals surface area contributed by atoms with E-state index in [0.29, 0.717) is 55.6 Å². The van der Waals surface area contributed by atoms with E-state index in [1.165, 1.54) is 35.9 Å². The molecule has 132 valence electrons. The first-order chi connectivity index (χ1) is 12.0. The van der Waals surface area contributed by atoms with Crippen molar-refractivity contribution in [2.24, 2.45) is 0 Å². The summed E-state index contributed by atoms with van der Waals surface area (Å²) in [5.74, 6) is -1.42. The molecular weight excluding hydrogens is 327 g/mol. The van der Waals surface area contributed by atoms with Crippen LogP contribution in [0.25, 0.3) is 10.9 Å². The highest BCUT2D eigenvalue weighted by Crippen LogP contribution is 2.32. The van der Waals surface area contributed by atoms with Crippen LogP contribution in [-0.4, -0.2) is 53.4 Å². The highest BCUT2D eigenvalue weighted by Gasteiger charge is 2.41. The molecule has 0 bridgehead atoms. The van der Waals surface area contributed by atoms with Crippen LogP contribution in [0.15, 0.2) is 24.4 Å². The molecule has 0 saturated carbocycles. The van der Waals surface area contributed by atoms with Gasteiger partial charge in [0.1, 0.15) is 5.82 Å². The van der Waals surface area contributed by atoms with Crippen LogP contribution in [0, 0.1) is 5.82 Å². The monoisotopic (exact) mass is 346 g/mol. The van der Waals surface area contributed by atoms with Crippen molar-refractivity contribution in [2.45, 2.75) is 25.6 Å². The Kier molecular flexibility index (Phi) is 3.85. The van der Waals surface area contributed by atoms with Gasteiger partial charge in [-0.25, -0.2) is 4.39 Å². The van der Waals surface area contributed by atoms with Crippen LogP contribution in [-0.2, 0) is 9.47 Å². The van der Waals surface area contributed by atoms with Gasteiger partial charge in [0.2, 0.25) is 5.91 Å². The number of hydrogen-bond acceptors (Lipinski definition) is 4. The zero-order valence-corrected chi connectivity index (χ0v) is 14.0. The van der Waals surface area contributed by atoms with E-state index in [1.807, 2.05) is 0 Å². The largest absolute Gasteiger partial charge is 0.347 e. The van der Waals surface area contributed by atoms with E-state index in [4.69, 9.17) is 9.47 Å². The zero-order valence-electron chi connectivity index (χ0n) is 14.0. The summed E-state index contributed by atoms with van der Waals surface area (Å²) < 4.78 is 26.4. The Morgan fingerprint density at radius 1 is 1.16 bits per heavy atom. The average Bonchev–Trinajstić information content (AvgIpc) is 3.19. The quantitative estimate of drug-likeness (QED) is 0.796. The van der Waals surface area contributed by atoms with Crippen LogP contribution < -0.4 is 0 Å². The predicted octanol–water partition coefficient (Wildman–Crippen LogP) is 2.42. The van der Waals surface area contributed by atoms with Gasteiger partial charge in [0.05, 0.1) is 24.3 Å². The molecule has 1 amide bonds. The first kappa shape index (κ1) is 16.2. The van der Waals surface area contributed by atoms with Crippen LogP contribution in [0.1, 0.15) is 34.9 Å². The Morgan fingerprint density at radius 3 is 2.48 bits per heavy atom. The Labute approximate surface area is 144 Å². The molecule has 1 aromatic heterocycles. The molecule has 2 fully saturated rings. The van der Waals surface area contributed by atoms with E-state index in [2.05, 4.69) is 0 Å². The number of amides is 1. The second kappa shape index (κ2) is 5.93. The molecule has 7 heteroatoms. The first-order valence-corrected chi connectivity index (χ1v) is 8.38. The molecule has 0 atom stereocenters. The summed E-state index contributed by atoms with van der Waals surface area (Å²) in [5, 5.41) is 0.453. The molecule has 4 rings (SSSR count). The number of aromatic nitrogens is 1. The summed E-state index contributed by atoms with van der Waals surface area (Å²) >= 11 is 0. The Balaban J connectivity index is 1.64. The van der Waals surface area contributed by atoms with Crippen molar-refractivity contribution in [3.05, 3.63) is 35.8 Å². The van der Waals surface area contributed by atoms with Crippen molar-refractivity contribution in [3.8, 4) is 0 Å². The third kappa shape index (κ3) is 2.73. The second-order valence-corrected chi connectivity index (χ2v) is 6.49. The van der Waals surface area contributed by atoms with E-state index in [9.17, 15) is 14.0 Å². The maximum Gasteiger partial charge on any atom is 0.256 e. The van der Waals surface area contributed by atoms with E-state index in [0.717, 1.165) is 0 Å². The summed E-state index contributed by atoms with van der Waals surface area (Å²) in [4.78, 5) is 26.5. The molecule has 0 N–H and O–H groups in total. The maximum absolute atomic E-state index is 13.7. The maximum atomic E-state index is 13.7. The normalized spacial score (nSPS) is 19.7. The van der Waals surface area contributed by atoms with Crippen LogP contribution in [0.2, 0.25) is 0 Å². The Bertz CT molecular complexity index is 844. The number of rotatable bonds is 1. The molecule has 25 heavy (non-hydrogen) atoms. The molecule has 6 nitrogen and oxygen atoms in total. The molecule has 1 aromatic carbocycles. The van der Waals surface area contributed by atoms with E-state index in [-0.39, 0.29) is 11.8 Å². The number of benzene rings is 1. The van der Waals surface area contributed by atoms with Crippen LogP contribution in [0.3, 0.4) is 0 Å². The zero-order chi connectivity index (χ0) is 17.6. The number of halogens is 1. The van der Waals surface area contributed by atoms with Crippen LogP contribution in [0.5, 0.6) is 0 Å². The SMILES string of the molecule is CC(=O)n1cc(C(=O)N2CCC3(CC2)OCCO3)c2cc(F)ccc21. The molecule has 2 aliphatic rings. The number of carbonyl (C=O) groups is 2. The van der Waals surface area contributed by atoms with Crippen molar-refractivity contribution in [3.63, 3.8) is 0 Å². The minimum absolute atomic E-state index is 0.205. The number of hydrogen-bond donors (Lipinski definition) is 0. The summed E-state index contributed by atoms with van der Waals surface area (Å²) in [6.45, 7) is 3.58. The fourth-order valence-electron chi connectivity index (χ4n) is 3.64. The highest BCUT2D eigenvalue weighted by atomic mass is 19.1. The number of fused-ring (bicyclic) bond motifs is 1. The van der Waals surface area contributed by atoms with Gasteiger partial charge in [-0.05, 0) is 18.2 Å². The fraction of sp³-hybridized carbons (Fsp3) is 0.444. The second-order valence-electron chi connectivity index (χ2n) is 6.49. The minimum Gasteiger partial charge on any atom is -0.347 e. The molecule has 0 unspecified atom stereocenters.